The van der Waals surface area contributed by atoms with Crippen molar-refractivity contribution in [2.24, 2.45) is 0 Å². The lowest BCUT2D eigenvalue weighted by molar-refractivity contribution is -0.873. The van der Waals surface area contributed by atoms with Gasteiger partial charge in [0, 0.05) is 0 Å². The van der Waals surface area contributed by atoms with Gasteiger partial charge in [0.1, 0.15) is 12.6 Å². The predicted octanol–water partition coefficient (Wildman–Crippen LogP) is -0.536. The van der Waals surface area contributed by atoms with E-state index in [-0.39, 0.29) is 19.3 Å². The number of aliphatic hydroxyl groups is 1. The smallest absolute Gasteiger partial charge is 0.306 e. The van der Waals surface area contributed by atoms with Crippen molar-refractivity contribution in [3.63, 3.8) is 0 Å². The first-order chi connectivity index (χ1) is 8.44. The summed E-state index contributed by atoms with van der Waals surface area (Å²) in [5.41, 5.74) is 0. The number of carboxylic acids is 3. The molecule has 0 amide bonds. The van der Waals surface area contributed by atoms with Crippen molar-refractivity contribution >= 4 is 17.9 Å². The zero-order valence-electron chi connectivity index (χ0n) is 11.4. The molecule has 0 saturated heterocycles. The van der Waals surface area contributed by atoms with Crippen molar-refractivity contribution in [2.45, 2.75) is 25.4 Å². The molecule has 0 aliphatic carbocycles. The zero-order chi connectivity index (χ0) is 15.6. The molecule has 0 fully saturated rings. The minimum atomic E-state index is -1.08. The molecule has 0 aromatic rings. The standard InChI is InChI=1S/C7H15NO3.C4H6O4/c1-8(2,3)5-6(9)4-7(10)11;5-3(6)1-2-4(7)8/h6,9H,4-5H2,1-3H3;1-2H2,(H,5,6)(H,7,8)/p+1/t6-;/m1./s1. The van der Waals surface area contributed by atoms with Crippen LogP contribution in [0.15, 0.2) is 0 Å². The number of hydrogen-bond acceptors (Lipinski definition) is 4. The molecule has 0 heterocycles. The van der Waals surface area contributed by atoms with E-state index in [9.17, 15) is 14.4 Å². The van der Waals surface area contributed by atoms with E-state index in [2.05, 4.69) is 0 Å². The topological polar surface area (TPSA) is 132 Å². The average Bonchev–Trinajstić information content (AvgIpc) is 2.10. The molecule has 0 unspecified atom stereocenters. The van der Waals surface area contributed by atoms with Gasteiger partial charge in [0.15, 0.2) is 0 Å². The van der Waals surface area contributed by atoms with E-state index >= 15 is 0 Å². The maximum atomic E-state index is 10.1. The number of likely N-dealkylation sites (N-methyl/N-ethyl adjacent to an activating group) is 1. The summed E-state index contributed by atoms with van der Waals surface area (Å²) in [6.45, 7) is 0.465. The summed E-state index contributed by atoms with van der Waals surface area (Å²) in [4.78, 5) is 29.4. The Morgan fingerprint density at radius 3 is 1.47 bits per heavy atom. The molecule has 4 N–H and O–H groups in total. The van der Waals surface area contributed by atoms with E-state index in [0.717, 1.165) is 0 Å². The van der Waals surface area contributed by atoms with Crippen LogP contribution in [0.3, 0.4) is 0 Å². The maximum Gasteiger partial charge on any atom is 0.306 e. The normalized spacial score (nSPS) is 12.0. The molecule has 19 heavy (non-hydrogen) atoms. The van der Waals surface area contributed by atoms with Crippen LogP contribution in [0.25, 0.3) is 0 Å². The Morgan fingerprint density at radius 2 is 1.26 bits per heavy atom. The van der Waals surface area contributed by atoms with Gasteiger partial charge in [-0.3, -0.25) is 14.4 Å². The van der Waals surface area contributed by atoms with Gasteiger partial charge >= 0.3 is 17.9 Å². The number of aliphatic hydroxyl groups excluding tert-OH is 1. The van der Waals surface area contributed by atoms with E-state index in [1.807, 2.05) is 21.1 Å². The third-order valence-corrected chi connectivity index (χ3v) is 1.72. The molecule has 0 saturated carbocycles. The highest BCUT2D eigenvalue weighted by Crippen LogP contribution is 1.98. The van der Waals surface area contributed by atoms with Crippen LogP contribution >= 0.6 is 0 Å². The highest BCUT2D eigenvalue weighted by atomic mass is 16.4. The minimum Gasteiger partial charge on any atom is -0.481 e. The largest absolute Gasteiger partial charge is 0.481 e. The van der Waals surface area contributed by atoms with Crippen molar-refractivity contribution < 1.29 is 39.3 Å². The van der Waals surface area contributed by atoms with E-state index in [1.165, 1.54) is 0 Å². The summed E-state index contributed by atoms with van der Waals surface area (Å²) >= 11 is 0. The van der Waals surface area contributed by atoms with Gasteiger partial charge in [-0.05, 0) is 0 Å². The van der Waals surface area contributed by atoms with Gasteiger partial charge in [0.05, 0.1) is 40.4 Å². The van der Waals surface area contributed by atoms with Crippen LogP contribution in [0.2, 0.25) is 0 Å². The van der Waals surface area contributed by atoms with E-state index in [1.54, 1.807) is 0 Å². The summed E-state index contributed by atoms with van der Waals surface area (Å²) in [5, 5.41) is 33.3. The molecule has 0 aliphatic heterocycles. The Hall–Kier alpha value is -1.67. The highest BCUT2D eigenvalue weighted by Gasteiger charge is 2.17. The lowest BCUT2D eigenvalue weighted by Crippen LogP contribution is -2.42. The van der Waals surface area contributed by atoms with Crippen molar-refractivity contribution in [3.8, 4) is 0 Å². The number of hydrogen-bond donors (Lipinski definition) is 4. The third-order valence-electron chi connectivity index (χ3n) is 1.72. The van der Waals surface area contributed by atoms with Crippen LogP contribution in [0, 0.1) is 0 Å². The van der Waals surface area contributed by atoms with Crippen LogP contribution in [0.4, 0.5) is 0 Å². The molecule has 112 valence electrons. The van der Waals surface area contributed by atoms with E-state index < -0.39 is 24.0 Å². The molecule has 0 rings (SSSR count). The average molecular weight is 280 g/mol. The summed E-state index contributed by atoms with van der Waals surface area (Å²) in [6, 6.07) is 0. The van der Waals surface area contributed by atoms with Crippen molar-refractivity contribution in [1.29, 1.82) is 0 Å². The van der Waals surface area contributed by atoms with Gasteiger partial charge in [-0.25, -0.2) is 0 Å². The lowest BCUT2D eigenvalue weighted by atomic mass is 10.2. The summed E-state index contributed by atoms with van der Waals surface area (Å²) in [6.07, 6.45) is -1.51. The molecule has 0 aliphatic rings. The Labute approximate surface area is 111 Å². The second-order valence-electron chi connectivity index (χ2n) is 5.01. The first-order valence-corrected chi connectivity index (χ1v) is 5.58. The van der Waals surface area contributed by atoms with Gasteiger partial charge in [-0.15, -0.1) is 0 Å². The fourth-order valence-electron chi connectivity index (χ4n) is 1.11. The predicted molar refractivity (Wildman–Crippen MR) is 65.7 cm³/mol. The monoisotopic (exact) mass is 280 g/mol. The highest BCUT2D eigenvalue weighted by molar-refractivity contribution is 5.75. The summed E-state index contributed by atoms with van der Waals surface area (Å²) < 4.78 is 0.578. The molecule has 0 radical (unpaired) electrons. The zero-order valence-corrected chi connectivity index (χ0v) is 11.4. The first kappa shape index (κ1) is 19.7. The Morgan fingerprint density at radius 1 is 0.895 bits per heavy atom. The van der Waals surface area contributed by atoms with Crippen molar-refractivity contribution in [2.75, 3.05) is 27.7 Å². The minimum absolute atomic E-state index is 0.171. The Kier molecular flexibility index (Phi) is 9.61. The summed E-state index contributed by atoms with van der Waals surface area (Å²) in [5.74, 6) is -3.11. The number of nitrogens with zero attached hydrogens (tertiary/aromatic N) is 1. The maximum absolute atomic E-state index is 10.1. The molecule has 0 spiro atoms. The molecule has 0 aromatic carbocycles. The second kappa shape index (κ2) is 9.29. The van der Waals surface area contributed by atoms with E-state index in [0.29, 0.717) is 11.0 Å². The fourth-order valence-corrected chi connectivity index (χ4v) is 1.11. The molecule has 0 bridgehead atoms. The van der Waals surface area contributed by atoms with Gasteiger partial charge in [0.2, 0.25) is 0 Å². The van der Waals surface area contributed by atoms with Crippen LogP contribution in [0.1, 0.15) is 19.3 Å². The summed E-state index contributed by atoms with van der Waals surface area (Å²) in [7, 11) is 5.72. The Balaban J connectivity index is 0. The van der Waals surface area contributed by atoms with Crippen molar-refractivity contribution in [1.82, 2.24) is 0 Å². The lowest BCUT2D eigenvalue weighted by Gasteiger charge is -2.25. The van der Waals surface area contributed by atoms with Gasteiger partial charge < -0.3 is 24.9 Å². The quantitative estimate of drug-likeness (QED) is 0.460. The second-order valence-corrected chi connectivity index (χ2v) is 5.01. The third kappa shape index (κ3) is 22.1. The Bertz CT molecular complexity index is 295. The fraction of sp³-hybridized carbons (Fsp3) is 0.727. The molecular weight excluding hydrogens is 258 g/mol. The van der Waals surface area contributed by atoms with Gasteiger partial charge in [0.25, 0.3) is 0 Å². The van der Waals surface area contributed by atoms with Crippen molar-refractivity contribution in [3.05, 3.63) is 0 Å². The molecule has 8 heteroatoms. The van der Waals surface area contributed by atoms with Crippen LogP contribution < -0.4 is 0 Å². The molecular formula is C11H22NO7+. The van der Waals surface area contributed by atoms with Gasteiger partial charge in [-0.1, -0.05) is 0 Å². The van der Waals surface area contributed by atoms with Crippen LogP contribution in [-0.4, -0.2) is 76.6 Å². The number of carboxylic acid groups (broad SMARTS) is 3. The number of aliphatic carboxylic acids is 3. The number of quaternary nitrogens is 1. The SMILES string of the molecule is C[N+](C)(C)C[C@H](O)CC(=O)O.O=C(O)CCC(=O)O. The van der Waals surface area contributed by atoms with E-state index in [4.69, 9.17) is 20.4 Å². The number of rotatable bonds is 7. The van der Waals surface area contributed by atoms with Crippen LogP contribution in [-0.2, 0) is 14.4 Å². The molecule has 1 atom stereocenters. The first-order valence-electron chi connectivity index (χ1n) is 5.58. The van der Waals surface area contributed by atoms with Crippen LogP contribution in [0.5, 0.6) is 0 Å². The molecule has 8 nitrogen and oxygen atoms in total. The van der Waals surface area contributed by atoms with Gasteiger partial charge in [-0.2, -0.15) is 0 Å². The number of carbonyl (C=O) groups is 3. The molecule has 0 aromatic heterocycles.